The second-order valence-electron chi connectivity index (χ2n) is 4.70. The van der Waals surface area contributed by atoms with Crippen LogP contribution in [0.15, 0.2) is 10.6 Å². The molecule has 0 saturated carbocycles. The predicted molar refractivity (Wildman–Crippen MR) is 63.5 cm³/mol. The summed E-state index contributed by atoms with van der Waals surface area (Å²) in [7, 11) is 1.65. The molecule has 0 bridgehead atoms. The van der Waals surface area contributed by atoms with Crippen molar-refractivity contribution in [1.82, 2.24) is 15.0 Å². The SMILES string of the molecule is Cc1cc(CN2C(=O)[C@H](C)N(C)C(=O)[C@@H]2C)on1. The summed E-state index contributed by atoms with van der Waals surface area (Å²) in [4.78, 5) is 27.2. The van der Waals surface area contributed by atoms with Crippen molar-refractivity contribution in [3.05, 3.63) is 17.5 Å². The minimum absolute atomic E-state index is 0.0571. The second kappa shape index (κ2) is 4.44. The van der Waals surface area contributed by atoms with E-state index >= 15 is 0 Å². The third kappa shape index (κ3) is 1.98. The molecule has 2 heterocycles. The number of aryl methyl sites for hydroxylation is 1. The van der Waals surface area contributed by atoms with Crippen LogP contribution in [-0.4, -0.2) is 45.9 Å². The first-order valence-corrected chi connectivity index (χ1v) is 5.91. The van der Waals surface area contributed by atoms with Crippen LogP contribution >= 0.6 is 0 Å². The van der Waals surface area contributed by atoms with Crippen molar-refractivity contribution in [3.63, 3.8) is 0 Å². The zero-order valence-electron chi connectivity index (χ0n) is 11.0. The molecular formula is C12H17N3O3. The van der Waals surface area contributed by atoms with Gasteiger partial charge in [-0.3, -0.25) is 9.59 Å². The van der Waals surface area contributed by atoms with Gasteiger partial charge in [0.2, 0.25) is 11.8 Å². The molecule has 98 valence electrons. The molecule has 0 aliphatic carbocycles. The monoisotopic (exact) mass is 251 g/mol. The maximum Gasteiger partial charge on any atom is 0.246 e. The first-order chi connectivity index (χ1) is 8.41. The maximum atomic E-state index is 12.2. The van der Waals surface area contributed by atoms with E-state index in [0.29, 0.717) is 5.76 Å². The lowest BCUT2D eigenvalue weighted by Gasteiger charge is -2.40. The number of carbonyl (C=O) groups excluding carboxylic acids is 2. The van der Waals surface area contributed by atoms with Gasteiger partial charge in [0.15, 0.2) is 5.76 Å². The Morgan fingerprint density at radius 1 is 1.28 bits per heavy atom. The van der Waals surface area contributed by atoms with Gasteiger partial charge in [0.05, 0.1) is 12.2 Å². The van der Waals surface area contributed by atoms with E-state index in [1.807, 2.05) is 6.92 Å². The zero-order chi connectivity index (χ0) is 13.4. The molecule has 0 aromatic carbocycles. The summed E-state index contributed by atoms with van der Waals surface area (Å²) in [5.74, 6) is 0.467. The molecule has 0 radical (unpaired) electrons. The van der Waals surface area contributed by atoms with E-state index in [0.717, 1.165) is 5.69 Å². The summed E-state index contributed by atoms with van der Waals surface area (Å²) in [6, 6.07) is 0.870. The van der Waals surface area contributed by atoms with Crippen LogP contribution < -0.4 is 0 Å². The van der Waals surface area contributed by atoms with Crippen molar-refractivity contribution in [2.75, 3.05) is 7.05 Å². The lowest BCUT2D eigenvalue weighted by Crippen LogP contribution is -2.61. The van der Waals surface area contributed by atoms with Crippen molar-refractivity contribution in [1.29, 1.82) is 0 Å². The van der Waals surface area contributed by atoms with Crippen molar-refractivity contribution in [3.8, 4) is 0 Å². The van der Waals surface area contributed by atoms with Crippen molar-refractivity contribution >= 4 is 11.8 Å². The summed E-state index contributed by atoms with van der Waals surface area (Å²) in [6.45, 7) is 5.55. The van der Waals surface area contributed by atoms with Gasteiger partial charge < -0.3 is 14.3 Å². The van der Waals surface area contributed by atoms with Crippen molar-refractivity contribution in [2.24, 2.45) is 0 Å². The van der Waals surface area contributed by atoms with Crippen LogP contribution in [0.5, 0.6) is 0 Å². The van der Waals surface area contributed by atoms with E-state index in [2.05, 4.69) is 5.16 Å². The van der Waals surface area contributed by atoms with Crippen molar-refractivity contribution < 1.29 is 14.1 Å². The number of likely N-dealkylation sites (N-methyl/N-ethyl adjacent to an activating group) is 1. The summed E-state index contributed by atoms with van der Waals surface area (Å²) >= 11 is 0. The van der Waals surface area contributed by atoms with Crippen LogP contribution in [0.3, 0.4) is 0 Å². The Hall–Kier alpha value is -1.85. The molecule has 1 saturated heterocycles. The highest BCUT2D eigenvalue weighted by atomic mass is 16.5. The Kier molecular flexibility index (Phi) is 3.11. The molecular weight excluding hydrogens is 234 g/mol. The third-order valence-electron chi connectivity index (χ3n) is 3.40. The van der Waals surface area contributed by atoms with Crippen LogP contribution in [0.2, 0.25) is 0 Å². The number of hydrogen-bond acceptors (Lipinski definition) is 4. The molecule has 1 aliphatic heterocycles. The molecule has 6 nitrogen and oxygen atoms in total. The van der Waals surface area contributed by atoms with Gasteiger partial charge in [-0.1, -0.05) is 5.16 Å². The highest BCUT2D eigenvalue weighted by Gasteiger charge is 2.40. The summed E-state index contributed by atoms with van der Waals surface area (Å²) in [6.07, 6.45) is 0. The van der Waals surface area contributed by atoms with E-state index in [4.69, 9.17) is 4.52 Å². The normalized spacial score (nSPS) is 24.9. The van der Waals surface area contributed by atoms with Crippen LogP contribution in [0.4, 0.5) is 0 Å². The quantitative estimate of drug-likeness (QED) is 0.770. The van der Waals surface area contributed by atoms with Crippen molar-refractivity contribution in [2.45, 2.75) is 39.4 Å². The van der Waals surface area contributed by atoms with E-state index in [1.54, 1.807) is 27.0 Å². The number of piperazine rings is 1. The van der Waals surface area contributed by atoms with Gasteiger partial charge in [-0.15, -0.1) is 0 Å². The van der Waals surface area contributed by atoms with Gasteiger partial charge in [-0.2, -0.15) is 0 Å². The van der Waals surface area contributed by atoms with E-state index in [9.17, 15) is 9.59 Å². The minimum atomic E-state index is -0.468. The largest absolute Gasteiger partial charge is 0.359 e. The van der Waals surface area contributed by atoms with Crippen LogP contribution in [0, 0.1) is 6.92 Å². The number of amides is 2. The molecule has 1 aliphatic rings. The van der Waals surface area contributed by atoms with Gasteiger partial charge in [0, 0.05) is 13.1 Å². The molecule has 0 N–H and O–H groups in total. The molecule has 18 heavy (non-hydrogen) atoms. The fourth-order valence-corrected chi connectivity index (χ4v) is 2.09. The Balaban J connectivity index is 2.20. The number of aromatic nitrogens is 1. The van der Waals surface area contributed by atoms with Gasteiger partial charge in [0.25, 0.3) is 0 Å². The lowest BCUT2D eigenvalue weighted by molar-refractivity contribution is -0.159. The van der Waals surface area contributed by atoms with E-state index in [1.165, 1.54) is 9.80 Å². The zero-order valence-corrected chi connectivity index (χ0v) is 11.0. The van der Waals surface area contributed by atoms with E-state index in [-0.39, 0.29) is 18.4 Å². The fraction of sp³-hybridized carbons (Fsp3) is 0.583. The molecule has 1 aromatic heterocycles. The topological polar surface area (TPSA) is 66.7 Å². The average Bonchev–Trinajstić information content (AvgIpc) is 2.75. The lowest BCUT2D eigenvalue weighted by atomic mass is 10.1. The maximum absolute atomic E-state index is 12.2. The third-order valence-corrected chi connectivity index (χ3v) is 3.40. The Morgan fingerprint density at radius 3 is 2.50 bits per heavy atom. The number of rotatable bonds is 2. The number of carbonyl (C=O) groups is 2. The van der Waals surface area contributed by atoms with Gasteiger partial charge in [-0.25, -0.2) is 0 Å². The fourth-order valence-electron chi connectivity index (χ4n) is 2.09. The van der Waals surface area contributed by atoms with Crippen LogP contribution in [0.25, 0.3) is 0 Å². The van der Waals surface area contributed by atoms with E-state index < -0.39 is 12.1 Å². The van der Waals surface area contributed by atoms with Gasteiger partial charge in [-0.05, 0) is 20.8 Å². The minimum Gasteiger partial charge on any atom is -0.359 e. The highest BCUT2D eigenvalue weighted by molar-refractivity contribution is 5.96. The van der Waals surface area contributed by atoms with Crippen LogP contribution in [-0.2, 0) is 16.1 Å². The standard InChI is InChI=1S/C12H17N3O3/c1-7-5-10(18-13-7)6-15-9(3)11(16)14(4)8(2)12(15)17/h5,8-9H,6H2,1-4H3/t8-,9-/m0/s1. The van der Waals surface area contributed by atoms with Crippen LogP contribution in [0.1, 0.15) is 25.3 Å². The first kappa shape index (κ1) is 12.6. The molecule has 1 aromatic rings. The highest BCUT2D eigenvalue weighted by Crippen LogP contribution is 2.19. The molecule has 6 heteroatoms. The Labute approximate surface area is 106 Å². The molecule has 2 amide bonds. The average molecular weight is 251 g/mol. The smallest absolute Gasteiger partial charge is 0.246 e. The predicted octanol–water partition coefficient (Wildman–Crippen LogP) is 0.561. The first-order valence-electron chi connectivity index (χ1n) is 5.91. The summed E-state index contributed by atoms with van der Waals surface area (Å²) in [5.41, 5.74) is 0.763. The second-order valence-corrected chi connectivity index (χ2v) is 4.70. The van der Waals surface area contributed by atoms with Gasteiger partial charge >= 0.3 is 0 Å². The molecule has 0 spiro atoms. The molecule has 2 rings (SSSR count). The Morgan fingerprint density at radius 2 is 1.94 bits per heavy atom. The number of nitrogens with zero attached hydrogens (tertiary/aromatic N) is 3. The molecule has 1 fully saturated rings. The summed E-state index contributed by atoms with van der Waals surface area (Å²) in [5, 5.41) is 3.78. The van der Waals surface area contributed by atoms with Gasteiger partial charge in [0.1, 0.15) is 12.1 Å². The summed E-state index contributed by atoms with van der Waals surface area (Å²) < 4.78 is 5.09. The number of hydrogen-bond donors (Lipinski definition) is 0. The Bertz CT molecular complexity index is 483. The molecule has 0 unspecified atom stereocenters. The molecule has 2 atom stereocenters.